The third kappa shape index (κ3) is 6.98. The molecule has 0 saturated carbocycles. The van der Waals surface area contributed by atoms with Crippen LogP contribution in [0.5, 0.6) is 11.5 Å². The largest absolute Gasteiger partial charge is 0.496 e. The Bertz CT molecular complexity index is 526. The van der Waals surface area contributed by atoms with Crippen molar-refractivity contribution in [3.05, 3.63) is 23.8 Å². The van der Waals surface area contributed by atoms with Gasteiger partial charge in [0.25, 0.3) is 0 Å². The zero-order chi connectivity index (χ0) is 19.0. The summed E-state index contributed by atoms with van der Waals surface area (Å²) >= 11 is 0. The van der Waals surface area contributed by atoms with Crippen LogP contribution in [-0.4, -0.2) is 32.1 Å². The number of rotatable bonds is 10. The minimum atomic E-state index is -0.739. The maximum atomic E-state index is 13.4. The lowest BCUT2D eigenvalue weighted by atomic mass is 9.86. The standard InChI is InChI=1S/C21H35O3P/c1-8-9-13-25(15-16(2)14-21(3,4)5)20(22)19-17(23-6)11-10-12-18(19)24-7/h10-12,16H,8-9,13-15H2,1-7H3. The number of carbonyl (C=O) groups excluding carboxylic acids is 1. The van der Waals surface area contributed by atoms with Crippen LogP contribution in [0.2, 0.25) is 0 Å². The normalized spacial score (nSPS) is 14.0. The highest BCUT2D eigenvalue weighted by Gasteiger charge is 2.28. The number of ether oxygens (including phenoxy) is 2. The molecule has 0 aliphatic heterocycles. The summed E-state index contributed by atoms with van der Waals surface area (Å²) < 4.78 is 10.9. The molecule has 0 N–H and O–H groups in total. The summed E-state index contributed by atoms with van der Waals surface area (Å²) in [6.45, 7) is 11.3. The second-order valence-electron chi connectivity index (χ2n) is 8.01. The Labute approximate surface area is 155 Å². The van der Waals surface area contributed by atoms with Gasteiger partial charge in [0.1, 0.15) is 17.1 Å². The monoisotopic (exact) mass is 366 g/mol. The lowest BCUT2D eigenvalue weighted by molar-refractivity contribution is 0.107. The van der Waals surface area contributed by atoms with Crippen LogP contribution in [0.25, 0.3) is 0 Å². The number of unbranched alkanes of at least 4 members (excludes halogenated alkanes) is 1. The Morgan fingerprint density at radius 3 is 2.16 bits per heavy atom. The topological polar surface area (TPSA) is 35.5 Å². The quantitative estimate of drug-likeness (QED) is 0.463. The maximum Gasteiger partial charge on any atom is 0.191 e. The van der Waals surface area contributed by atoms with Crippen LogP contribution in [0.4, 0.5) is 0 Å². The third-order valence-electron chi connectivity index (χ3n) is 4.20. The predicted octanol–water partition coefficient (Wildman–Crippen LogP) is 6.20. The lowest BCUT2D eigenvalue weighted by Crippen LogP contribution is -2.16. The van der Waals surface area contributed by atoms with E-state index in [1.54, 1.807) is 14.2 Å². The molecule has 0 fully saturated rings. The summed E-state index contributed by atoms with van der Waals surface area (Å²) in [7, 11) is 2.49. The summed E-state index contributed by atoms with van der Waals surface area (Å²) in [4.78, 5) is 13.4. The number of methoxy groups -OCH3 is 2. The summed E-state index contributed by atoms with van der Waals surface area (Å²) in [5.41, 5.74) is 1.13. The molecular formula is C21H35O3P. The summed E-state index contributed by atoms with van der Waals surface area (Å²) in [5.74, 6) is 1.78. The average Bonchev–Trinajstić information content (AvgIpc) is 2.55. The Kier molecular flexibility index (Phi) is 8.93. The first-order valence-corrected chi connectivity index (χ1v) is 10.9. The molecule has 0 amide bonds. The summed E-state index contributed by atoms with van der Waals surface area (Å²) in [6.07, 6.45) is 5.31. The molecule has 0 bridgehead atoms. The van der Waals surface area contributed by atoms with E-state index >= 15 is 0 Å². The molecule has 1 rings (SSSR count). The van der Waals surface area contributed by atoms with Gasteiger partial charge in [-0.15, -0.1) is 0 Å². The fourth-order valence-corrected chi connectivity index (χ4v) is 6.00. The van der Waals surface area contributed by atoms with Crippen molar-refractivity contribution in [2.45, 2.75) is 53.9 Å². The zero-order valence-corrected chi connectivity index (χ0v) is 17.9. The van der Waals surface area contributed by atoms with Crippen LogP contribution in [0.1, 0.15) is 64.2 Å². The van der Waals surface area contributed by atoms with Crippen LogP contribution in [0.15, 0.2) is 18.2 Å². The molecule has 0 heterocycles. The first-order chi connectivity index (χ1) is 11.7. The van der Waals surface area contributed by atoms with Crippen LogP contribution in [-0.2, 0) is 0 Å². The number of benzene rings is 1. The highest BCUT2D eigenvalue weighted by Crippen LogP contribution is 2.47. The van der Waals surface area contributed by atoms with Crippen molar-refractivity contribution in [3.63, 3.8) is 0 Å². The van der Waals surface area contributed by atoms with Crippen molar-refractivity contribution in [2.24, 2.45) is 11.3 Å². The number of hydrogen-bond acceptors (Lipinski definition) is 3. The summed E-state index contributed by atoms with van der Waals surface area (Å²) in [5, 5.41) is 0. The molecule has 1 aromatic carbocycles. The van der Waals surface area contributed by atoms with Gasteiger partial charge in [-0.05, 0) is 56.6 Å². The van der Waals surface area contributed by atoms with Crippen molar-refractivity contribution in [2.75, 3.05) is 26.5 Å². The highest BCUT2D eigenvalue weighted by molar-refractivity contribution is 7.75. The van der Waals surface area contributed by atoms with E-state index in [1.807, 2.05) is 18.2 Å². The van der Waals surface area contributed by atoms with Crippen molar-refractivity contribution in [3.8, 4) is 11.5 Å². The number of hydrogen-bond donors (Lipinski definition) is 0. The molecular weight excluding hydrogens is 331 g/mol. The lowest BCUT2D eigenvalue weighted by Gasteiger charge is -2.27. The molecule has 4 heteroatoms. The van der Waals surface area contributed by atoms with Crippen molar-refractivity contribution in [1.29, 1.82) is 0 Å². The smallest absolute Gasteiger partial charge is 0.191 e. The Balaban J connectivity index is 3.08. The molecule has 0 aliphatic carbocycles. The zero-order valence-electron chi connectivity index (χ0n) is 17.0. The first-order valence-electron chi connectivity index (χ1n) is 9.23. The SMILES string of the molecule is CCCCP(CC(C)CC(C)(C)C)C(=O)c1c(OC)cccc1OC. The van der Waals surface area contributed by atoms with Crippen LogP contribution in [0.3, 0.4) is 0 Å². The van der Waals surface area contributed by atoms with Crippen molar-refractivity contribution in [1.82, 2.24) is 0 Å². The van der Waals surface area contributed by atoms with E-state index in [0.29, 0.717) is 23.0 Å². The van der Waals surface area contributed by atoms with Crippen molar-refractivity contribution >= 4 is 13.4 Å². The molecule has 25 heavy (non-hydrogen) atoms. The van der Waals surface area contributed by atoms with Gasteiger partial charge < -0.3 is 9.47 Å². The van der Waals surface area contributed by atoms with Gasteiger partial charge in [-0.1, -0.05) is 47.1 Å². The van der Waals surface area contributed by atoms with E-state index in [4.69, 9.17) is 9.47 Å². The van der Waals surface area contributed by atoms with Gasteiger partial charge in [-0.3, -0.25) is 4.79 Å². The maximum absolute atomic E-state index is 13.4. The van der Waals surface area contributed by atoms with Gasteiger partial charge in [0.15, 0.2) is 5.52 Å². The molecule has 2 atom stereocenters. The minimum absolute atomic E-state index is 0.221. The van der Waals surface area contributed by atoms with E-state index in [9.17, 15) is 4.79 Å². The van der Waals surface area contributed by atoms with Crippen molar-refractivity contribution < 1.29 is 14.3 Å². The second kappa shape index (κ2) is 10.2. The fourth-order valence-electron chi connectivity index (χ4n) is 3.33. The molecule has 0 saturated heterocycles. The number of carbonyl (C=O) groups is 1. The van der Waals surface area contributed by atoms with Gasteiger partial charge in [0.2, 0.25) is 0 Å². The molecule has 0 spiro atoms. The Morgan fingerprint density at radius 2 is 1.72 bits per heavy atom. The Hall–Kier alpha value is -1.08. The molecule has 1 aromatic rings. The first kappa shape index (κ1) is 22.0. The van der Waals surface area contributed by atoms with E-state index in [0.717, 1.165) is 31.6 Å². The molecule has 142 valence electrons. The molecule has 2 unspecified atom stereocenters. The highest BCUT2D eigenvalue weighted by atomic mass is 31.1. The predicted molar refractivity (Wildman–Crippen MR) is 109 cm³/mol. The fraction of sp³-hybridized carbons (Fsp3) is 0.667. The third-order valence-corrected chi connectivity index (χ3v) is 6.92. The molecule has 0 aliphatic rings. The molecule has 0 aromatic heterocycles. The average molecular weight is 366 g/mol. The van der Waals surface area contributed by atoms with E-state index < -0.39 is 7.92 Å². The van der Waals surface area contributed by atoms with Crippen LogP contribution in [0, 0.1) is 11.3 Å². The minimum Gasteiger partial charge on any atom is -0.496 e. The van der Waals surface area contributed by atoms with Gasteiger partial charge in [-0.25, -0.2) is 0 Å². The second-order valence-corrected chi connectivity index (χ2v) is 10.3. The van der Waals surface area contributed by atoms with E-state index in [1.165, 1.54) is 0 Å². The van der Waals surface area contributed by atoms with Gasteiger partial charge in [0.05, 0.1) is 14.2 Å². The van der Waals surface area contributed by atoms with Crippen LogP contribution < -0.4 is 9.47 Å². The van der Waals surface area contributed by atoms with E-state index in [2.05, 4.69) is 34.6 Å². The summed E-state index contributed by atoms with van der Waals surface area (Å²) in [6, 6.07) is 5.56. The van der Waals surface area contributed by atoms with Gasteiger partial charge in [-0.2, -0.15) is 0 Å². The van der Waals surface area contributed by atoms with E-state index in [-0.39, 0.29) is 10.9 Å². The molecule has 0 radical (unpaired) electrons. The molecule has 3 nitrogen and oxygen atoms in total. The van der Waals surface area contributed by atoms with Gasteiger partial charge in [0, 0.05) is 0 Å². The van der Waals surface area contributed by atoms with Gasteiger partial charge >= 0.3 is 0 Å². The Morgan fingerprint density at radius 1 is 1.16 bits per heavy atom. The van der Waals surface area contributed by atoms with Crippen LogP contribution >= 0.6 is 7.92 Å².